The Hall–Kier alpha value is -3.70. The number of hydrogen-bond donors (Lipinski definition) is 4. The number of carbonyl (C=O) groups is 6. The van der Waals surface area contributed by atoms with Crippen LogP contribution >= 0.6 is 0 Å². The molecule has 0 aliphatic rings. The Bertz CT molecular complexity index is 1380. The highest BCUT2D eigenvalue weighted by molar-refractivity contribution is 6.00. The van der Waals surface area contributed by atoms with E-state index in [1.165, 1.54) is 32.1 Å². The van der Waals surface area contributed by atoms with Crippen molar-refractivity contribution in [3.05, 3.63) is 25.3 Å². The largest absolute Gasteiger partial charge is 0.481 e. The second-order valence-corrected chi connectivity index (χ2v) is 21.8. The molecule has 0 bridgehead atoms. The van der Waals surface area contributed by atoms with Crippen molar-refractivity contribution in [1.29, 1.82) is 0 Å². The van der Waals surface area contributed by atoms with Crippen LogP contribution in [0, 0.1) is 10.8 Å². The summed E-state index contributed by atoms with van der Waals surface area (Å²) < 4.78 is 11.7. The van der Waals surface area contributed by atoms with E-state index in [4.69, 9.17) is 19.7 Å². The maximum atomic E-state index is 13.6. The minimum absolute atomic E-state index is 0.192. The van der Waals surface area contributed by atoms with Gasteiger partial charge in [-0.25, -0.2) is 0 Å². The first-order valence-corrected chi connectivity index (χ1v) is 27.7. The highest BCUT2D eigenvalue weighted by atomic mass is 16.6. The van der Waals surface area contributed by atoms with E-state index in [0.29, 0.717) is 32.1 Å². The van der Waals surface area contributed by atoms with E-state index in [-0.39, 0.29) is 25.7 Å². The Balaban J connectivity index is 0. The Morgan fingerprint density at radius 3 is 0.771 bits per heavy atom. The molecule has 0 aromatic rings. The van der Waals surface area contributed by atoms with Crippen molar-refractivity contribution in [2.45, 2.75) is 297 Å². The molecule has 0 aliphatic heterocycles. The fourth-order valence-electron chi connectivity index (χ4n) is 8.74. The Morgan fingerprint density at radius 1 is 0.343 bits per heavy atom. The second kappa shape index (κ2) is 41.9. The number of allylic oxidation sites excluding steroid dienone is 2. The predicted octanol–water partition coefficient (Wildman–Crippen LogP) is 16.2. The standard InChI is InChI=1S/C33H60O6.C25H44O6/c1-8-9-10-11-12-14-17-20-23-26-33(29(36)38-31(2,3)4,30(37)39-32(5,6)7)27-24-21-18-15-13-16-19-22-25-28(34)35;1-2-3-4-5-6-8-11-14-17-20-25(23(28)29,24(30)31)21-18-15-12-9-7-10-13-16-19-22(26)27/h8H,1,9-27H2,2-7H3,(H,34,35);2H,1,3-21H2,(H,26,27)(H,28,29)(H,30,31). The van der Waals surface area contributed by atoms with Gasteiger partial charge in [0.2, 0.25) is 0 Å². The normalized spacial score (nSPS) is 11.9. The van der Waals surface area contributed by atoms with Gasteiger partial charge < -0.3 is 29.9 Å². The van der Waals surface area contributed by atoms with Crippen LogP contribution in [-0.2, 0) is 38.2 Å². The van der Waals surface area contributed by atoms with Gasteiger partial charge in [0.05, 0.1) is 0 Å². The molecule has 0 saturated carbocycles. The first kappa shape index (κ1) is 68.4. The summed E-state index contributed by atoms with van der Waals surface area (Å²) in [5, 5.41) is 36.6. The fourth-order valence-corrected chi connectivity index (χ4v) is 8.74. The van der Waals surface area contributed by atoms with E-state index < -0.39 is 57.8 Å². The van der Waals surface area contributed by atoms with E-state index in [9.17, 15) is 39.0 Å². The zero-order valence-corrected chi connectivity index (χ0v) is 45.5. The molecule has 0 aliphatic carbocycles. The zero-order valence-electron chi connectivity index (χ0n) is 45.5. The quantitative estimate of drug-likeness (QED) is 0.0195. The van der Waals surface area contributed by atoms with E-state index in [1.54, 1.807) is 0 Å². The molecule has 12 heteroatoms. The van der Waals surface area contributed by atoms with Crippen molar-refractivity contribution in [2.75, 3.05) is 0 Å². The van der Waals surface area contributed by atoms with Gasteiger partial charge in [0.1, 0.15) is 11.2 Å². The topological polar surface area (TPSA) is 202 Å². The van der Waals surface area contributed by atoms with Crippen LogP contribution in [-0.4, -0.2) is 67.4 Å². The lowest BCUT2D eigenvalue weighted by Crippen LogP contribution is -2.46. The highest BCUT2D eigenvalue weighted by Crippen LogP contribution is 2.38. The average Bonchev–Trinajstić information content (AvgIpc) is 3.26. The van der Waals surface area contributed by atoms with Crippen molar-refractivity contribution in [3.63, 3.8) is 0 Å². The van der Waals surface area contributed by atoms with Crippen LogP contribution in [0.3, 0.4) is 0 Å². The Kier molecular flexibility index (Phi) is 40.9. The molecule has 0 rings (SSSR count). The molecule has 408 valence electrons. The van der Waals surface area contributed by atoms with Crippen LogP contribution < -0.4 is 0 Å². The average molecular weight is 993 g/mol. The smallest absolute Gasteiger partial charge is 0.324 e. The molecule has 0 saturated heterocycles. The lowest BCUT2D eigenvalue weighted by Gasteiger charge is -2.35. The van der Waals surface area contributed by atoms with Crippen molar-refractivity contribution in [1.82, 2.24) is 0 Å². The lowest BCUT2D eigenvalue weighted by molar-refractivity contribution is -0.187. The van der Waals surface area contributed by atoms with Gasteiger partial charge in [-0.05, 0) is 106 Å². The van der Waals surface area contributed by atoms with Crippen molar-refractivity contribution < 1.29 is 58.7 Å². The van der Waals surface area contributed by atoms with Crippen LogP contribution in [0.1, 0.15) is 286 Å². The minimum atomic E-state index is -1.65. The molecule has 4 N–H and O–H groups in total. The number of esters is 2. The highest BCUT2D eigenvalue weighted by Gasteiger charge is 2.50. The second-order valence-electron chi connectivity index (χ2n) is 21.8. The summed E-state index contributed by atoms with van der Waals surface area (Å²) >= 11 is 0. The van der Waals surface area contributed by atoms with E-state index in [0.717, 1.165) is 154 Å². The number of rotatable bonds is 46. The van der Waals surface area contributed by atoms with Crippen LogP contribution in [0.4, 0.5) is 0 Å². The maximum Gasteiger partial charge on any atom is 0.324 e. The summed E-state index contributed by atoms with van der Waals surface area (Å²) in [6, 6.07) is 0. The maximum absolute atomic E-state index is 13.6. The van der Waals surface area contributed by atoms with Crippen LogP contribution in [0.25, 0.3) is 0 Å². The first-order chi connectivity index (χ1) is 33.1. The van der Waals surface area contributed by atoms with Gasteiger partial charge in [0.15, 0.2) is 10.8 Å². The summed E-state index contributed by atoms with van der Waals surface area (Å²) in [4.78, 5) is 71.9. The Morgan fingerprint density at radius 2 is 0.557 bits per heavy atom. The monoisotopic (exact) mass is 993 g/mol. The molecule has 0 spiro atoms. The Labute approximate surface area is 426 Å². The molecule has 70 heavy (non-hydrogen) atoms. The van der Waals surface area contributed by atoms with Crippen molar-refractivity contribution in [2.24, 2.45) is 10.8 Å². The van der Waals surface area contributed by atoms with Crippen LogP contribution in [0.15, 0.2) is 25.3 Å². The van der Waals surface area contributed by atoms with Gasteiger partial charge in [-0.2, -0.15) is 0 Å². The van der Waals surface area contributed by atoms with Crippen LogP contribution in [0.5, 0.6) is 0 Å². The van der Waals surface area contributed by atoms with E-state index in [1.807, 2.05) is 53.7 Å². The number of carbonyl (C=O) groups excluding carboxylic acids is 2. The molecule has 0 radical (unpaired) electrons. The number of carboxylic acids is 4. The number of aliphatic carboxylic acids is 4. The summed E-state index contributed by atoms with van der Waals surface area (Å²) in [7, 11) is 0. The SMILES string of the molecule is C=CCCCCCCCCCC(CCCCCCCCCCC(=O)O)(C(=O)O)C(=O)O.C=CCCCCCCCCCC(CCCCCCCCCCC(=O)O)(C(=O)OC(C)(C)C)C(=O)OC(C)(C)C. The third-order valence-electron chi connectivity index (χ3n) is 12.9. The number of unbranched alkanes of at least 4 members (excludes halogenated alkanes) is 28. The molecule has 0 heterocycles. The third-order valence-corrected chi connectivity index (χ3v) is 12.9. The molecule has 0 fully saturated rings. The molecule has 0 amide bonds. The molecule has 12 nitrogen and oxygen atoms in total. The van der Waals surface area contributed by atoms with Gasteiger partial charge in [0, 0.05) is 12.8 Å². The van der Waals surface area contributed by atoms with E-state index >= 15 is 0 Å². The number of hydrogen-bond acceptors (Lipinski definition) is 8. The van der Waals surface area contributed by atoms with Gasteiger partial charge in [-0.1, -0.05) is 179 Å². The number of carboxylic acid groups (broad SMARTS) is 4. The molecule has 0 aromatic carbocycles. The summed E-state index contributed by atoms with van der Waals surface area (Å²) in [5.41, 5.74) is -4.30. The molecule has 0 aromatic heterocycles. The summed E-state index contributed by atoms with van der Waals surface area (Å²) in [6.45, 7) is 18.5. The molecular formula is C58H104O12. The lowest BCUT2D eigenvalue weighted by atomic mass is 9.77. The van der Waals surface area contributed by atoms with Crippen LogP contribution in [0.2, 0.25) is 0 Å². The molecular weight excluding hydrogens is 889 g/mol. The first-order valence-electron chi connectivity index (χ1n) is 27.7. The molecule has 0 unspecified atom stereocenters. The third kappa shape index (κ3) is 38.0. The summed E-state index contributed by atoms with van der Waals surface area (Å²) in [5.74, 6) is -4.79. The zero-order chi connectivity index (χ0) is 53.2. The van der Waals surface area contributed by atoms with Gasteiger partial charge in [0.25, 0.3) is 0 Å². The van der Waals surface area contributed by atoms with Crippen molar-refractivity contribution in [3.8, 4) is 0 Å². The van der Waals surface area contributed by atoms with E-state index in [2.05, 4.69) is 13.2 Å². The van der Waals surface area contributed by atoms with Gasteiger partial charge in [-0.15, -0.1) is 13.2 Å². The minimum Gasteiger partial charge on any atom is -0.481 e. The number of ether oxygens (including phenoxy) is 2. The predicted molar refractivity (Wildman–Crippen MR) is 283 cm³/mol. The fraction of sp³-hybridized carbons (Fsp3) is 0.828. The molecule has 0 atom stereocenters. The van der Waals surface area contributed by atoms with Gasteiger partial charge in [-0.3, -0.25) is 28.8 Å². The summed E-state index contributed by atoms with van der Waals surface area (Å²) in [6.07, 6.45) is 37.3. The van der Waals surface area contributed by atoms with Gasteiger partial charge >= 0.3 is 35.8 Å². The van der Waals surface area contributed by atoms with Crippen molar-refractivity contribution >= 4 is 35.8 Å².